The predicted molar refractivity (Wildman–Crippen MR) is 83.7 cm³/mol. The Morgan fingerprint density at radius 1 is 1.00 bits per heavy atom. The van der Waals surface area contributed by atoms with Gasteiger partial charge in [-0.2, -0.15) is 0 Å². The van der Waals surface area contributed by atoms with Crippen molar-refractivity contribution in [2.45, 2.75) is 47.0 Å². The third kappa shape index (κ3) is 7.63. The molecule has 0 radical (unpaired) electrons. The number of benzene rings is 1. The highest BCUT2D eigenvalue weighted by Gasteiger charge is 2.02. The zero-order chi connectivity index (χ0) is 14.8. The highest BCUT2D eigenvalue weighted by molar-refractivity contribution is 5.26. The van der Waals surface area contributed by atoms with Crippen molar-refractivity contribution in [2.75, 3.05) is 19.8 Å². The maximum Gasteiger partial charge on any atom is 0.0721 e. The molecule has 0 atom stereocenters. The second-order valence-corrected chi connectivity index (χ2v) is 5.77. The Morgan fingerprint density at radius 3 is 2.35 bits per heavy atom. The molecule has 3 nitrogen and oxygen atoms in total. The van der Waals surface area contributed by atoms with Gasteiger partial charge in [-0.3, -0.25) is 0 Å². The molecule has 1 aromatic rings. The van der Waals surface area contributed by atoms with Gasteiger partial charge in [0.25, 0.3) is 0 Å². The molecule has 0 saturated heterocycles. The molecule has 1 N–H and O–H groups in total. The van der Waals surface area contributed by atoms with Crippen molar-refractivity contribution in [3.05, 3.63) is 35.4 Å². The van der Waals surface area contributed by atoms with Crippen LogP contribution >= 0.6 is 0 Å². The van der Waals surface area contributed by atoms with Crippen molar-refractivity contribution in [1.82, 2.24) is 5.32 Å². The van der Waals surface area contributed by atoms with Crippen LogP contribution in [0.1, 0.15) is 38.8 Å². The number of rotatable bonds is 10. The molecule has 114 valence electrons. The first-order valence-electron chi connectivity index (χ1n) is 7.56. The summed E-state index contributed by atoms with van der Waals surface area (Å²) in [5, 5.41) is 3.48. The van der Waals surface area contributed by atoms with E-state index < -0.39 is 0 Å². The Hall–Kier alpha value is -0.900. The van der Waals surface area contributed by atoms with Gasteiger partial charge >= 0.3 is 0 Å². The summed E-state index contributed by atoms with van der Waals surface area (Å²) in [6.07, 6.45) is 0.270. The number of hydrogen-bond donors (Lipinski definition) is 1. The van der Waals surface area contributed by atoms with Gasteiger partial charge in [0.1, 0.15) is 0 Å². The maximum absolute atomic E-state index is 5.69. The fourth-order valence-electron chi connectivity index (χ4n) is 1.89. The maximum atomic E-state index is 5.69. The van der Waals surface area contributed by atoms with Gasteiger partial charge in [-0.25, -0.2) is 0 Å². The second kappa shape index (κ2) is 9.92. The van der Waals surface area contributed by atoms with Crippen LogP contribution < -0.4 is 5.32 Å². The molecule has 0 unspecified atom stereocenters. The van der Waals surface area contributed by atoms with Gasteiger partial charge in [0, 0.05) is 6.54 Å². The molecule has 1 rings (SSSR count). The summed E-state index contributed by atoms with van der Waals surface area (Å²) in [6, 6.07) is 8.44. The highest BCUT2D eigenvalue weighted by atomic mass is 16.5. The molecule has 0 aromatic heterocycles. The van der Waals surface area contributed by atoms with Crippen molar-refractivity contribution in [3.8, 4) is 0 Å². The van der Waals surface area contributed by atoms with Crippen molar-refractivity contribution in [1.29, 1.82) is 0 Å². The summed E-state index contributed by atoms with van der Waals surface area (Å²) in [4.78, 5) is 0. The van der Waals surface area contributed by atoms with E-state index in [1.165, 1.54) is 11.1 Å². The van der Waals surface area contributed by atoms with Crippen molar-refractivity contribution in [3.63, 3.8) is 0 Å². The molecule has 0 bridgehead atoms. The fraction of sp³-hybridized carbons (Fsp3) is 0.647. The van der Waals surface area contributed by atoms with Gasteiger partial charge in [0.05, 0.1) is 25.9 Å². The summed E-state index contributed by atoms with van der Waals surface area (Å²) in [5.74, 6) is 0.673. The molecule has 0 spiro atoms. The van der Waals surface area contributed by atoms with Crippen LogP contribution in [0.15, 0.2) is 24.3 Å². The van der Waals surface area contributed by atoms with Gasteiger partial charge < -0.3 is 14.8 Å². The Morgan fingerprint density at radius 2 is 1.70 bits per heavy atom. The summed E-state index contributed by atoms with van der Waals surface area (Å²) < 4.78 is 11.1. The van der Waals surface area contributed by atoms with Crippen LogP contribution in [0.4, 0.5) is 0 Å². The minimum Gasteiger partial charge on any atom is -0.376 e. The highest BCUT2D eigenvalue weighted by Crippen LogP contribution is 2.10. The Labute approximate surface area is 123 Å². The van der Waals surface area contributed by atoms with Crippen LogP contribution in [0.3, 0.4) is 0 Å². The molecule has 0 heterocycles. The van der Waals surface area contributed by atoms with E-state index in [1.807, 2.05) is 13.8 Å². The van der Waals surface area contributed by atoms with Gasteiger partial charge in [0.2, 0.25) is 0 Å². The topological polar surface area (TPSA) is 30.5 Å². The van der Waals surface area contributed by atoms with Crippen LogP contribution in [0.2, 0.25) is 0 Å². The average Bonchev–Trinajstić information content (AvgIpc) is 2.39. The molecule has 3 heteroatoms. The van der Waals surface area contributed by atoms with Gasteiger partial charge in [-0.05, 0) is 37.4 Å². The van der Waals surface area contributed by atoms with Crippen LogP contribution in [0.5, 0.6) is 0 Å². The Bertz CT molecular complexity index is 364. The third-order valence-corrected chi connectivity index (χ3v) is 2.92. The zero-order valence-electron chi connectivity index (χ0n) is 13.3. The average molecular weight is 279 g/mol. The molecule has 0 fully saturated rings. The van der Waals surface area contributed by atoms with Crippen molar-refractivity contribution >= 4 is 0 Å². The van der Waals surface area contributed by atoms with Crippen LogP contribution in [-0.4, -0.2) is 25.9 Å². The van der Waals surface area contributed by atoms with E-state index in [0.717, 1.165) is 13.1 Å². The summed E-state index contributed by atoms with van der Waals surface area (Å²) in [6.45, 7) is 12.4. The lowest BCUT2D eigenvalue weighted by atomic mass is 10.1. The molecule has 0 amide bonds. The molecular formula is C17H29NO2. The van der Waals surface area contributed by atoms with Gasteiger partial charge in [-0.15, -0.1) is 0 Å². The molecule has 0 saturated carbocycles. The van der Waals surface area contributed by atoms with Crippen LogP contribution in [-0.2, 0) is 22.6 Å². The van der Waals surface area contributed by atoms with Crippen molar-refractivity contribution in [2.24, 2.45) is 5.92 Å². The minimum atomic E-state index is 0.270. The van der Waals surface area contributed by atoms with Gasteiger partial charge in [-0.1, -0.05) is 38.1 Å². The molecule has 0 aliphatic carbocycles. The van der Waals surface area contributed by atoms with E-state index in [-0.39, 0.29) is 6.10 Å². The summed E-state index contributed by atoms with van der Waals surface area (Å²) in [7, 11) is 0. The second-order valence-electron chi connectivity index (χ2n) is 5.77. The Balaban J connectivity index is 2.33. The number of ether oxygens (including phenoxy) is 2. The van der Waals surface area contributed by atoms with E-state index in [2.05, 4.69) is 43.4 Å². The molecule has 20 heavy (non-hydrogen) atoms. The Kier molecular flexibility index (Phi) is 8.51. The fourth-order valence-corrected chi connectivity index (χ4v) is 1.89. The van der Waals surface area contributed by atoms with E-state index in [0.29, 0.717) is 25.7 Å². The molecule has 0 aliphatic rings. The molecule has 1 aromatic carbocycles. The largest absolute Gasteiger partial charge is 0.376 e. The first-order chi connectivity index (χ1) is 9.59. The normalized spacial score (nSPS) is 11.5. The third-order valence-electron chi connectivity index (χ3n) is 2.92. The van der Waals surface area contributed by atoms with E-state index in [1.54, 1.807) is 0 Å². The van der Waals surface area contributed by atoms with Crippen molar-refractivity contribution < 1.29 is 9.47 Å². The molecule has 0 aliphatic heterocycles. The minimum absolute atomic E-state index is 0.270. The lowest BCUT2D eigenvalue weighted by Gasteiger charge is -2.13. The lowest BCUT2D eigenvalue weighted by molar-refractivity contribution is 0.0141. The zero-order valence-corrected chi connectivity index (χ0v) is 13.3. The first-order valence-corrected chi connectivity index (χ1v) is 7.56. The SMILES string of the molecule is CC(C)CNCc1ccccc1COCCOC(C)C. The predicted octanol–water partition coefficient (Wildman–Crippen LogP) is 3.37. The summed E-state index contributed by atoms with van der Waals surface area (Å²) in [5.41, 5.74) is 2.58. The lowest BCUT2D eigenvalue weighted by Crippen LogP contribution is -2.20. The number of hydrogen-bond acceptors (Lipinski definition) is 3. The quantitative estimate of drug-likeness (QED) is 0.666. The summed E-state index contributed by atoms with van der Waals surface area (Å²) >= 11 is 0. The first kappa shape index (κ1) is 17.2. The van der Waals surface area contributed by atoms with Gasteiger partial charge in [0.15, 0.2) is 0 Å². The van der Waals surface area contributed by atoms with Crippen LogP contribution in [0, 0.1) is 5.92 Å². The van der Waals surface area contributed by atoms with E-state index in [9.17, 15) is 0 Å². The van der Waals surface area contributed by atoms with Crippen LogP contribution in [0.25, 0.3) is 0 Å². The molecular weight excluding hydrogens is 250 g/mol. The standard InChI is InChI=1S/C17H29NO2/c1-14(2)11-18-12-16-7-5-6-8-17(16)13-19-9-10-20-15(3)4/h5-8,14-15,18H,9-13H2,1-4H3. The smallest absolute Gasteiger partial charge is 0.0721 e. The monoisotopic (exact) mass is 279 g/mol. The number of nitrogens with one attached hydrogen (secondary N) is 1. The van der Waals surface area contributed by atoms with E-state index in [4.69, 9.17) is 9.47 Å². The van der Waals surface area contributed by atoms with E-state index >= 15 is 0 Å².